The number of nitrogens with zero attached hydrogens (tertiary/aromatic N) is 3. The lowest BCUT2D eigenvalue weighted by Crippen LogP contribution is -2.11. The molecule has 1 unspecified atom stereocenters. The molecule has 0 spiro atoms. The maximum atomic E-state index is 4.25. The molecule has 0 aliphatic carbocycles. The van der Waals surface area contributed by atoms with Gasteiger partial charge in [-0.3, -0.25) is 9.67 Å². The highest BCUT2D eigenvalue weighted by Crippen LogP contribution is 2.17. The van der Waals surface area contributed by atoms with Crippen LogP contribution < -0.4 is 5.32 Å². The molecule has 4 heteroatoms. The molecule has 16 heavy (non-hydrogen) atoms. The minimum absolute atomic E-state index is 0.219. The maximum absolute atomic E-state index is 4.25. The van der Waals surface area contributed by atoms with E-state index in [4.69, 9.17) is 0 Å². The van der Waals surface area contributed by atoms with Gasteiger partial charge in [-0.1, -0.05) is 0 Å². The predicted molar refractivity (Wildman–Crippen MR) is 64.2 cm³/mol. The van der Waals surface area contributed by atoms with Crippen molar-refractivity contribution in [3.05, 3.63) is 42.0 Å². The van der Waals surface area contributed by atoms with Gasteiger partial charge >= 0.3 is 0 Å². The van der Waals surface area contributed by atoms with E-state index in [1.165, 1.54) is 0 Å². The van der Waals surface area contributed by atoms with Crippen molar-refractivity contribution < 1.29 is 0 Å². The first-order chi connectivity index (χ1) is 7.66. The van der Waals surface area contributed by atoms with Gasteiger partial charge < -0.3 is 5.32 Å². The Kier molecular flexibility index (Phi) is 2.90. The molecule has 2 rings (SSSR count). The summed E-state index contributed by atoms with van der Waals surface area (Å²) in [5, 5.41) is 7.54. The number of nitrogens with one attached hydrogen (secondary N) is 1. The van der Waals surface area contributed by atoms with E-state index in [1.54, 1.807) is 6.20 Å². The van der Waals surface area contributed by atoms with E-state index in [2.05, 4.69) is 22.3 Å². The van der Waals surface area contributed by atoms with Crippen molar-refractivity contribution in [2.75, 3.05) is 5.32 Å². The van der Waals surface area contributed by atoms with Gasteiger partial charge in [0.2, 0.25) is 0 Å². The van der Waals surface area contributed by atoms with E-state index in [-0.39, 0.29) is 6.04 Å². The molecule has 0 aliphatic heterocycles. The van der Waals surface area contributed by atoms with E-state index in [0.717, 1.165) is 17.1 Å². The normalized spacial score (nSPS) is 12.4. The SMILES string of the molecule is Cc1ccc(NC(C)c2ccnn2C)cn1. The van der Waals surface area contributed by atoms with Crippen molar-refractivity contribution in [3.63, 3.8) is 0 Å². The zero-order valence-corrected chi connectivity index (χ0v) is 9.81. The highest BCUT2D eigenvalue weighted by molar-refractivity contribution is 5.42. The van der Waals surface area contributed by atoms with E-state index >= 15 is 0 Å². The van der Waals surface area contributed by atoms with Crippen molar-refractivity contribution in [2.24, 2.45) is 7.05 Å². The second-order valence-corrected chi connectivity index (χ2v) is 3.93. The minimum Gasteiger partial charge on any atom is -0.376 e. The van der Waals surface area contributed by atoms with E-state index < -0.39 is 0 Å². The van der Waals surface area contributed by atoms with Crippen molar-refractivity contribution in [3.8, 4) is 0 Å². The average molecular weight is 216 g/mol. The van der Waals surface area contributed by atoms with Crippen molar-refractivity contribution in [1.82, 2.24) is 14.8 Å². The van der Waals surface area contributed by atoms with Crippen LogP contribution in [0.3, 0.4) is 0 Å². The second-order valence-electron chi connectivity index (χ2n) is 3.93. The van der Waals surface area contributed by atoms with Gasteiger partial charge in [0.1, 0.15) is 0 Å². The summed E-state index contributed by atoms with van der Waals surface area (Å²) in [6.07, 6.45) is 3.66. The Hall–Kier alpha value is -1.84. The van der Waals surface area contributed by atoms with Crippen LogP contribution in [0.4, 0.5) is 5.69 Å². The molecule has 0 aliphatic rings. The molecule has 0 saturated carbocycles. The molecule has 84 valence electrons. The lowest BCUT2D eigenvalue weighted by Gasteiger charge is -2.15. The molecular weight excluding hydrogens is 200 g/mol. The molecule has 2 aromatic rings. The maximum Gasteiger partial charge on any atom is 0.0654 e. The van der Waals surface area contributed by atoms with Crippen LogP contribution in [0.2, 0.25) is 0 Å². The summed E-state index contributed by atoms with van der Waals surface area (Å²) < 4.78 is 1.87. The summed E-state index contributed by atoms with van der Waals surface area (Å²) in [7, 11) is 1.95. The Labute approximate surface area is 95.3 Å². The number of hydrogen-bond acceptors (Lipinski definition) is 3. The Bertz CT molecular complexity index is 458. The van der Waals surface area contributed by atoms with Crippen molar-refractivity contribution in [1.29, 1.82) is 0 Å². The molecule has 0 saturated heterocycles. The first-order valence-electron chi connectivity index (χ1n) is 5.34. The van der Waals surface area contributed by atoms with E-state index in [0.29, 0.717) is 0 Å². The van der Waals surface area contributed by atoms with Gasteiger partial charge in [-0.15, -0.1) is 0 Å². The summed E-state index contributed by atoms with van der Waals surface area (Å²) in [4.78, 5) is 4.25. The Balaban J connectivity index is 2.10. The minimum atomic E-state index is 0.219. The molecule has 0 amide bonds. The largest absolute Gasteiger partial charge is 0.376 e. The molecular formula is C12H16N4. The van der Waals surface area contributed by atoms with E-state index in [9.17, 15) is 0 Å². The fourth-order valence-corrected chi connectivity index (χ4v) is 1.69. The number of aryl methyl sites for hydroxylation is 2. The standard InChI is InChI=1S/C12H16N4/c1-9-4-5-11(8-13-9)15-10(2)12-6-7-14-16(12)3/h4-8,10,15H,1-3H3. The molecule has 1 atom stereocenters. The summed E-state index contributed by atoms with van der Waals surface area (Å²) in [6, 6.07) is 6.27. The topological polar surface area (TPSA) is 42.7 Å². The number of hydrogen-bond donors (Lipinski definition) is 1. The van der Waals surface area contributed by atoms with Crippen LogP contribution in [0, 0.1) is 6.92 Å². The Morgan fingerprint density at radius 3 is 2.69 bits per heavy atom. The van der Waals surface area contributed by atoms with Gasteiger partial charge in [0.05, 0.1) is 23.6 Å². The molecule has 1 N–H and O–H groups in total. The highest BCUT2D eigenvalue weighted by atomic mass is 15.3. The zero-order chi connectivity index (χ0) is 11.5. The Morgan fingerprint density at radius 1 is 1.31 bits per heavy atom. The number of anilines is 1. The number of pyridine rings is 1. The highest BCUT2D eigenvalue weighted by Gasteiger charge is 2.08. The van der Waals surface area contributed by atoms with Gasteiger partial charge in [-0.05, 0) is 32.0 Å². The lowest BCUT2D eigenvalue weighted by molar-refractivity contribution is 0.675. The molecule has 0 aromatic carbocycles. The van der Waals surface area contributed by atoms with Gasteiger partial charge in [-0.2, -0.15) is 5.10 Å². The van der Waals surface area contributed by atoms with Crippen LogP contribution in [0.5, 0.6) is 0 Å². The third kappa shape index (κ3) is 2.21. The van der Waals surface area contributed by atoms with Crippen LogP contribution in [0.15, 0.2) is 30.6 Å². The zero-order valence-electron chi connectivity index (χ0n) is 9.81. The van der Waals surface area contributed by atoms with Crippen molar-refractivity contribution in [2.45, 2.75) is 19.9 Å². The second kappa shape index (κ2) is 4.35. The van der Waals surface area contributed by atoms with Crippen LogP contribution in [0.1, 0.15) is 24.4 Å². The van der Waals surface area contributed by atoms with Gasteiger partial charge in [0, 0.05) is 18.9 Å². The van der Waals surface area contributed by atoms with Crippen LogP contribution in [0.25, 0.3) is 0 Å². The summed E-state index contributed by atoms with van der Waals surface area (Å²) in [6.45, 7) is 4.09. The first-order valence-corrected chi connectivity index (χ1v) is 5.34. The average Bonchev–Trinajstić information content (AvgIpc) is 2.68. The molecule has 2 aromatic heterocycles. The molecule has 0 radical (unpaired) electrons. The Morgan fingerprint density at radius 2 is 2.12 bits per heavy atom. The van der Waals surface area contributed by atoms with Gasteiger partial charge in [-0.25, -0.2) is 0 Å². The monoisotopic (exact) mass is 216 g/mol. The fourth-order valence-electron chi connectivity index (χ4n) is 1.69. The van der Waals surface area contributed by atoms with Crippen LogP contribution >= 0.6 is 0 Å². The molecule has 0 bridgehead atoms. The fraction of sp³-hybridized carbons (Fsp3) is 0.333. The van der Waals surface area contributed by atoms with Gasteiger partial charge in [0.25, 0.3) is 0 Å². The van der Waals surface area contributed by atoms with Gasteiger partial charge in [0.15, 0.2) is 0 Å². The van der Waals surface area contributed by atoms with E-state index in [1.807, 2.05) is 43.0 Å². The predicted octanol–water partition coefficient (Wildman–Crippen LogP) is 2.30. The van der Waals surface area contributed by atoms with Crippen LogP contribution in [-0.2, 0) is 7.05 Å². The summed E-state index contributed by atoms with van der Waals surface area (Å²) in [5.41, 5.74) is 3.21. The first kappa shape index (κ1) is 10.7. The quantitative estimate of drug-likeness (QED) is 0.856. The smallest absolute Gasteiger partial charge is 0.0654 e. The van der Waals surface area contributed by atoms with Crippen LogP contribution in [-0.4, -0.2) is 14.8 Å². The third-order valence-electron chi connectivity index (χ3n) is 2.60. The summed E-state index contributed by atoms with van der Waals surface area (Å²) in [5.74, 6) is 0. The lowest BCUT2D eigenvalue weighted by atomic mass is 10.2. The molecule has 2 heterocycles. The number of aromatic nitrogens is 3. The molecule has 0 fully saturated rings. The molecule has 4 nitrogen and oxygen atoms in total. The summed E-state index contributed by atoms with van der Waals surface area (Å²) >= 11 is 0. The third-order valence-corrected chi connectivity index (χ3v) is 2.60. The van der Waals surface area contributed by atoms with Crippen molar-refractivity contribution >= 4 is 5.69 Å². The number of rotatable bonds is 3.